The monoisotopic (exact) mass is 316 g/mol. The topological polar surface area (TPSA) is 105 Å². The van der Waals surface area contributed by atoms with Crippen LogP contribution in [0, 0.1) is 13.8 Å². The Morgan fingerprint density at radius 1 is 1.48 bits per heavy atom. The molecule has 0 fully saturated rings. The van der Waals surface area contributed by atoms with Crippen LogP contribution in [0.15, 0.2) is 6.07 Å². The minimum absolute atomic E-state index is 0.0614. The van der Waals surface area contributed by atoms with Gasteiger partial charge in [0.2, 0.25) is 5.91 Å². The summed E-state index contributed by atoms with van der Waals surface area (Å²) in [6, 6.07) is 2.02. The summed E-state index contributed by atoms with van der Waals surface area (Å²) in [5.74, 6) is 0.0868. The summed E-state index contributed by atoms with van der Waals surface area (Å²) in [5, 5.41) is 16.6. The zero-order valence-corrected chi connectivity index (χ0v) is 13.4. The van der Waals surface area contributed by atoms with Gasteiger partial charge in [-0.15, -0.1) is 0 Å². The Morgan fingerprint density at radius 2 is 2.26 bits per heavy atom. The highest BCUT2D eigenvalue weighted by atomic mass is 16.2. The van der Waals surface area contributed by atoms with Gasteiger partial charge in [-0.1, -0.05) is 0 Å². The largest absolute Gasteiger partial charge is 0.354 e. The number of fused-ring (bicyclic) bond motifs is 1. The summed E-state index contributed by atoms with van der Waals surface area (Å²) in [7, 11) is 1.57. The number of anilines is 1. The summed E-state index contributed by atoms with van der Waals surface area (Å²) >= 11 is 0. The Labute approximate surface area is 133 Å². The third kappa shape index (κ3) is 2.84. The molecule has 0 unspecified atom stereocenters. The molecule has 122 valence electrons. The number of nitrogens with zero attached hydrogens (tertiary/aromatic N) is 3. The summed E-state index contributed by atoms with van der Waals surface area (Å²) in [5.41, 5.74) is 3.26. The lowest BCUT2D eigenvalue weighted by Gasteiger charge is -2.22. The number of aryl methyl sites for hydroxylation is 3. The molecule has 0 radical (unpaired) electrons. The number of hydrogen-bond acceptors (Lipinski definition) is 4. The van der Waals surface area contributed by atoms with Gasteiger partial charge in [0.15, 0.2) is 5.82 Å². The number of aromatic nitrogens is 4. The van der Waals surface area contributed by atoms with Gasteiger partial charge in [0.1, 0.15) is 5.69 Å². The van der Waals surface area contributed by atoms with E-state index in [2.05, 4.69) is 25.9 Å². The molecular weight excluding hydrogens is 296 g/mol. The predicted molar refractivity (Wildman–Crippen MR) is 84.3 cm³/mol. The van der Waals surface area contributed by atoms with Gasteiger partial charge < -0.3 is 10.6 Å². The van der Waals surface area contributed by atoms with Crippen molar-refractivity contribution in [1.82, 2.24) is 25.3 Å². The minimum Gasteiger partial charge on any atom is -0.354 e. The molecule has 8 nitrogen and oxygen atoms in total. The SMILES string of the molecule is CNC(=O)c1[nH]nc2c1[C@@H](CCn1nc(C)cc1C)CC(=O)N2. The van der Waals surface area contributed by atoms with E-state index in [-0.39, 0.29) is 17.7 Å². The van der Waals surface area contributed by atoms with Gasteiger partial charge in [0, 0.05) is 37.2 Å². The van der Waals surface area contributed by atoms with Crippen molar-refractivity contribution in [3.8, 4) is 0 Å². The Balaban J connectivity index is 1.85. The van der Waals surface area contributed by atoms with Crippen LogP contribution in [-0.4, -0.2) is 38.8 Å². The Morgan fingerprint density at radius 3 is 2.91 bits per heavy atom. The number of nitrogens with one attached hydrogen (secondary N) is 3. The number of carbonyl (C=O) groups is 2. The second-order valence-corrected chi connectivity index (χ2v) is 5.83. The zero-order chi connectivity index (χ0) is 16.6. The van der Waals surface area contributed by atoms with Crippen LogP contribution < -0.4 is 10.6 Å². The molecule has 0 aromatic carbocycles. The van der Waals surface area contributed by atoms with Crippen molar-refractivity contribution in [2.75, 3.05) is 12.4 Å². The van der Waals surface area contributed by atoms with Gasteiger partial charge in [-0.3, -0.25) is 19.4 Å². The van der Waals surface area contributed by atoms with E-state index in [4.69, 9.17) is 0 Å². The first kappa shape index (κ1) is 15.3. The first-order valence-corrected chi connectivity index (χ1v) is 7.60. The normalized spacial score (nSPS) is 16.8. The average molecular weight is 316 g/mol. The predicted octanol–water partition coefficient (Wildman–Crippen LogP) is 1.10. The third-order valence-electron chi connectivity index (χ3n) is 4.15. The standard InChI is InChI=1S/C15H20N6O2/c1-8-6-9(2)21(20-8)5-4-10-7-11(22)17-14-12(10)13(18-19-14)15(23)16-3/h6,10H,4-5,7H2,1-3H3,(H,16,23)(H2,17,18,19,22)/t10-/m0/s1. The van der Waals surface area contributed by atoms with Crippen molar-refractivity contribution in [1.29, 1.82) is 0 Å². The molecule has 3 heterocycles. The molecule has 1 aliphatic heterocycles. The van der Waals surface area contributed by atoms with E-state index in [1.807, 2.05) is 24.6 Å². The molecule has 0 aliphatic carbocycles. The quantitative estimate of drug-likeness (QED) is 0.785. The molecule has 1 atom stereocenters. The fourth-order valence-corrected chi connectivity index (χ4v) is 3.08. The van der Waals surface area contributed by atoms with Crippen molar-refractivity contribution in [2.45, 2.75) is 39.2 Å². The molecule has 2 aromatic rings. The first-order valence-electron chi connectivity index (χ1n) is 7.60. The lowest BCUT2D eigenvalue weighted by molar-refractivity contribution is -0.116. The molecule has 3 N–H and O–H groups in total. The Kier molecular flexibility index (Phi) is 3.89. The Bertz CT molecular complexity index is 760. The Hall–Kier alpha value is -2.64. The third-order valence-corrected chi connectivity index (χ3v) is 4.15. The van der Waals surface area contributed by atoms with Gasteiger partial charge >= 0.3 is 0 Å². The number of H-pyrrole nitrogens is 1. The second-order valence-electron chi connectivity index (χ2n) is 5.83. The minimum atomic E-state index is -0.231. The first-order chi connectivity index (χ1) is 11.0. The van der Waals surface area contributed by atoms with Gasteiger partial charge in [0.25, 0.3) is 5.91 Å². The maximum Gasteiger partial charge on any atom is 0.269 e. The number of hydrogen-bond donors (Lipinski definition) is 3. The number of amides is 2. The van der Waals surface area contributed by atoms with Crippen molar-refractivity contribution in [3.05, 3.63) is 28.7 Å². The molecule has 3 rings (SSSR count). The highest BCUT2D eigenvalue weighted by Crippen LogP contribution is 2.35. The van der Waals surface area contributed by atoms with Crippen LogP contribution in [0.25, 0.3) is 0 Å². The van der Waals surface area contributed by atoms with Crippen LogP contribution in [0.5, 0.6) is 0 Å². The molecule has 0 saturated heterocycles. The fraction of sp³-hybridized carbons (Fsp3) is 0.467. The molecule has 23 heavy (non-hydrogen) atoms. The molecule has 2 aromatic heterocycles. The zero-order valence-electron chi connectivity index (χ0n) is 13.4. The van der Waals surface area contributed by atoms with E-state index in [0.717, 1.165) is 17.0 Å². The van der Waals surface area contributed by atoms with E-state index in [0.29, 0.717) is 30.9 Å². The molecular formula is C15H20N6O2. The van der Waals surface area contributed by atoms with Crippen molar-refractivity contribution < 1.29 is 9.59 Å². The van der Waals surface area contributed by atoms with Gasteiger partial charge in [-0.2, -0.15) is 10.2 Å². The molecule has 0 bridgehead atoms. The van der Waals surface area contributed by atoms with E-state index in [1.165, 1.54) is 0 Å². The number of aromatic amines is 1. The van der Waals surface area contributed by atoms with Gasteiger partial charge in [-0.25, -0.2) is 0 Å². The maximum absolute atomic E-state index is 12.0. The van der Waals surface area contributed by atoms with Crippen LogP contribution in [0.4, 0.5) is 5.82 Å². The summed E-state index contributed by atoms with van der Waals surface area (Å²) in [6.45, 7) is 4.65. The lowest BCUT2D eigenvalue weighted by atomic mass is 9.89. The summed E-state index contributed by atoms with van der Waals surface area (Å²) in [6.07, 6.45) is 1.06. The van der Waals surface area contributed by atoms with Crippen LogP contribution in [0.2, 0.25) is 0 Å². The average Bonchev–Trinajstić information content (AvgIpc) is 3.07. The number of rotatable bonds is 4. The molecule has 0 saturated carbocycles. The van der Waals surface area contributed by atoms with Crippen molar-refractivity contribution in [3.63, 3.8) is 0 Å². The van der Waals surface area contributed by atoms with Gasteiger partial charge in [-0.05, 0) is 26.3 Å². The van der Waals surface area contributed by atoms with E-state index < -0.39 is 0 Å². The van der Waals surface area contributed by atoms with E-state index >= 15 is 0 Å². The van der Waals surface area contributed by atoms with Crippen LogP contribution in [0.1, 0.15) is 46.2 Å². The smallest absolute Gasteiger partial charge is 0.269 e. The highest BCUT2D eigenvalue weighted by molar-refractivity contribution is 6.00. The van der Waals surface area contributed by atoms with E-state index in [1.54, 1.807) is 7.05 Å². The van der Waals surface area contributed by atoms with Crippen molar-refractivity contribution >= 4 is 17.6 Å². The highest BCUT2D eigenvalue weighted by Gasteiger charge is 2.32. The summed E-state index contributed by atoms with van der Waals surface area (Å²) in [4.78, 5) is 23.9. The van der Waals surface area contributed by atoms with Crippen LogP contribution in [-0.2, 0) is 11.3 Å². The van der Waals surface area contributed by atoms with Crippen LogP contribution in [0.3, 0.4) is 0 Å². The fourth-order valence-electron chi connectivity index (χ4n) is 3.08. The van der Waals surface area contributed by atoms with Crippen LogP contribution >= 0.6 is 0 Å². The maximum atomic E-state index is 12.0. The summed E-state index contributed by atoms with van der Waals surface area (Å²) < 4.78 is 1.93. The van der Waals surface area contributed by atoms with Crippen molar-refractivity contribution in [2.24, 2.45) is 0 Å². The number of carbonyl (C=O) groups excluding carboxylic acids is 2. The lowest BCUT2D eigenvalue weighted by Crippen LogP contribution is -2.26. The molecule has 0 spiro atoms. The van der Waals surface area contributed by atoms with E-state index in [9.17, 15) is 9.59 Å². The van der Waals surface area contributed by atoms with Gasteiger partial charge in [0.05, 0.1) is 5.69 Å². The molecule has 8 heteroatoms. The second kappa shape index (κ2) is 5.86. The molecule has 2 amide bonds. The molecule has 1 aliphatic rings.